The van der Waals surface area contributed by atoms with Crippen molar-refractivity contribution in [3.05, 3.63) is 65.7 Å². The number of likely N-dealkylation sites (tertiary alicyclic amines) is 1. The Balaban J connectivity index is 1.58. The van der Waals surface area contributed by atoms with Gasteiger partial charge in [0.25, 0.3) is 5.91 Å². The second kappa shape index (κ2) is 9.98. The van der Waals surface area contributed by atoms with E-state index in [1.807, 2.05) is 68.4 Å². The van der Waals surface area contributed by atoms with Crippen LogP contribution in [-0.4, -0.2) is 59.1 Å². The van der Waals surface area contributed by atoms with E-state index in [0.29, 0.717) is 30.8 Å². The van der Waals surface area contributed by atoms with Gasteiger partial charge in [0.1, 0.15) is 12.1 Å². The van der Waals surface area contributed by atoms with Crippen LogP contribution in [0.5, 0.6) is 0 Å². The predicted octanol–water partition coefficient (Wildman–Crippen LogP) is 2.92. The smallest absolute Gasteiger partial charge is 0.253 e. The fourth-order valence-corrected chi connectivity index (χ4v) is 6.61. The maximum Gasteiger partial charge on any atom is 0.253 e. The van der Waals surface area contributed by atoms with Crippen LogP contribution in [0, 0.1) is 17.8 Å². The number of nitrogens with one attached hydrogen (secondary N) is 1. The lowest BCUT2D eigenvalue weighted by Crippen LogP contribution is -2.56. The normalized spacial score (nSPS) is 26.0. The molecule has 8 nitrogen and oxygen atoms in total. The van der Waals surface area contributed by atoms with Crippen LogP contribution in [0.3, 0.4) is 0 Å². The highest BCUT2D eigenvalue weighted by Gasteiger charge is 2.71. The molecule has 2 saturated heterocycles. The summed E-state index contributed by atoms with van der Waals surface area (Å²) in [5, 5.41) is 3.53. The van der Waals surface area contributed by atoms with Gasteiger partial charge in [0.15, 0.2) is 0 Å². The maximum atomic E-state index is 14.4. The number of fused-ring (bicyclic) bond motifs is 4. The molecule has 0 saturated carbocycles. The quantitative estimate of drug-likeness (QED) is 0.545. The second-order valence-electron chi connectivity index (χ2n) is 10.9. The van der Waals surface area contributed by atoms with Gasteiger partial charge < -0.3 is 9.80 Å². The summed E-state index contributed by atoms with van der Waals surface area (Å²) in [4.78, 5) is 60.0. The van der Waals surface area contributed by atoms with Gasteiger partial charge in [-0.25, -0.2) is 0 Å². The first-order valence-corrected chi connectivity index (χ1v) is 13.6. The Labute approximate surface area is 224 Å². The molecule has 3 heterocycles. The lowest BCUT2D eigenvalue weighted by Gasteiger charge is -2.31. The molecular formula is C30H36N4O4. The highest BCUT2D eigenvalue weighted by Crippen LogP contribution is 2.55. The Morgan fingerprint density at radius 1 is 0.947 bits per heavy atom. The number of nitrogens with zero attached hydrogens (tertiary/aromatic N) is 3. The molecule has 200 valence electrons. The van der Waals surface area contributed by atoms with E-state index in [9.17, 15) is 19.2 Å². The predicted molar refractivity (Wildman–Crippen MR) is 144 cm³/mol. The lowest BCUT2D eigenvalue weighted by molar-refractivity contribution is -0.143. The summed E-state index contributed by atoms with van der Waals surface area (Å²) in [6.07, 6.45) is 0.648. The SMILES string of the molecule is CCN(CC)C(=O)CN1C(=O)[C@]2(N[C@H](CC(C)C)[C@H]3C(=O)N(Cc4ccccc4)C(=O)[C@@H]32)c2ccccc21. The molecule has 38 heavy (non-hydrogen) atoms. The zero-order valence-electron chi connectivity index (χ0n) is 22.5. The van der Waals surface area contributed by atoms with Crippen molar-refractivity contribution in [2.45, 2.75) is 52.2 Å². The zero-order valence-corrected chi connectivity index (χ0v) is 22.5. The van der Waals surface area contributed by atoms with E-state index in [0.717, 1.165) is 5.56 Å². The number of likely N-dealkylation sites (N-methyl/N-ethyl adjacent to an activating group) is 1. The molecule has 4 amide bonds. The van der Waals surface area contributed by atoms with Crippen molar-refractivity contribution < 1.29 is 19.2 Å². The van der Waals surface area contributed by atoms with Gasteiger partial charge in [-0.15, -0.1) is 0 Å². The summed E-state index contributed by atoms with van der Waals surface area (Å²) >= 11 is 0. The first-order chi connectivity index (χ1) is 18.2. The number of hydrogen-bond acceptors (Lipinski definition) is 5. The highest BCUT2D eigenvalue weighted by atomic mass is 16.2. The molecule has 0 bridgehead atoms. The third kappa shape index (κ3) is 3.93. The van der Waals surface area contributed by atoms with E-state index >= 15 is 0 Å². The first kappa shape index (κ1) is 26.1. The molecule has 5 rings (SSSR count). The van der Waals surface area contributed by atoms with Gasteiger partial charge in [-0.1, -0.05) is 62.4 Å². The summed E-state index contributed by atoms with van der Waals surface area (Å²) in [6.45, 7) is 9.13. The molecule has 0 unspecified atom stereocenters. The Morgan fingerprint density at radius 3 is 2.26 bits per heavy atom. The summed E-state index contributed by atoms with van der Waals surface area (Å²) in [7, 11) is 0. The van der Waals surface area contributed by atoms with E-state index in [1.165, 1.54) is 9.80 Å². The monoisotopic (exact) mass is 516 g/mol. The average molecular weight is 517 g/mol. The van der Waals surface area contributed by atoms with Crippen molar-refractivity contribution in [3.63, 3.8) is 0 Å². The standard InChI is InChI=1S/C30H36N4O4/c1-5-32(6-2)24(35)18-33-23-15-11-10-14-21(23)30(29(33)38)26-25(22(31-30)16-19(3)4)27(36)34(28(26)37)17-20-12-8-7-9-13-20/h7-15,19,22,25-26,31H,5-6,16-18H2,1-4H3/t22-,25-,26-,30+/m1/s1. The van der Waals surface area contributed by atoms with Crippen LogP contribution in [0.1, 0.15) is 45.2 Å². The molecule has 0 aromatic heterocycles. The van der Waals surface area contributed by atoms with Crippen LogP contribution in [0.15, 0.2) is 54.6 Å². The Bertz CT molecular complexity index is 1260. The number of imide groups is 1. The number of hydrogen-bond donors (Lipinski definition) is 1. The number of rotatable bonds is 8. The Kier molecular flexibility index (Phi) is 6.86. The molecule has 3 aliphatic heterocycles. The van der Waals surface area contributed by atoms with Gasteiger partial charge in [0, 0.05) is 30.4 Å². The summed E-state index contributed by atoms with van der Waals surface area (Å²) in [6, 6.07) is 16.5. The van der Waals surface area contributed by atoms with Gasteiger partial charge >= 0.3 is 0 Å². The van der Waals surface area contributed by atoms with Crippen molar-refractivity contribution >= 4 is 29.3 Å². The maximum absolute atomic E-state index is 14.4. The molecule has 1 N–H and O–H groups in total. The van der Waals surface area contributed by atoms with Crippen LogP contribution in [-0.2, 0) is 31.3 Å². The Hall–Kier alpha value is -3.52. The number of para-hydroxylation sites is 1. The van der Waals surface area contributed by atoms with Gasteiger partial charge in [-0.05, 0) is 37.8 Å². The molecule has 4 atom stereocenters. The molecule has 2 aromatic rings. The third-order valence-electron chi connectivity index (χ3n) is 8.28. The first-order valence-electron chi connectivity index (χ1n) is 13.6. The Morgan fingerprint density at radius 2 is 1.61 bits per heavy atom. The molecule has 2 fully saturated rings. The average Bonchev–Trinajstić information content (AvgIpc) is 3.45. The second-order valence-corrected chi connectivity index (χ2v) is 10.9. The number of carbonyl (C=O) groups is 4. The highest BCUT2D eigenvalue weighted by molar-refractivity contribution is 6.17. The van der Waals surface area contributed by atoms with Gasteiger partial charge in [0.2, 0.25) is 17.7 Å². The fourth-order valence-electron chi connectivity index (χ4n) is 6.61. The number of benzene rings is 2. The van der Waals surface area contributed by atoms with Gasteiger partial charge in [0.05, 0.1) is 18.4 Å². The molecule has 8 heteroatoms. The molecular weight excluding hydrogens is 480 g/mol. The summed E-state index contributed by atoms with van der Waals surface area (Å²) in [5.41, 5.74) is 0.765. The van der Waals surface area contributed by atoms with Crippen molar-refractivity contribution in [1.29, 1.82) is 0 Å². The van der Waals surface area contributed by atoms with Crippen LogP contribution < -0.4 is 10.2 Å². The molecule has 3 aliphatic rings. The minimum absolute atomic E-state index is 0.108. The number of amides is 4. The minimum atomic E-state index is -1.39. The largest absolute Gasteiger partial charge is 0.342 e. The van der Waals surface area contributed by atoms with E-state index in [-0.39, 0.29) is 48.7 Å². The van der Waals surface area contributed by atoms with Crippen LogP contribution in [0.2, 0.25) is 0 Å². The van der Waals surface area contributed by atoms with Crippen LogP contribution in [0.4, 0.5) is 5.69 Å². The van der Waals surface area contributed by atoms with E-state index in [1.54, 1.807) is 4.90 Å². The van der Waals surface area contributed by atoms with Gasteiger partial charge in [-0.3, -0.25) is 29.4 Å². The molecule has 0 radical (unpaired) electrons. The van der Waals surface area contributed by atoms with Crippen molar-refractivity contribution in [3.8, 4) is 0 Å². The van der Waals surface area contributed by atoms with Crippen molar-refractivity contribution in [2.75, 3.05) is 24.5 Å². The van der Waals surface area contributed by atoms with Crippen molar-refractivity contribution in [2.24, 2.45) is 17.8 Å². The fraction of sp³-hybridized carbons (Fsp3) is 0.467. The lowest BCUT2D eigenvalue weighted by atomic mass is 9.76. The molecule has 1 spiro atoms. The van der Waals surface area contributed by atoms with Gasteiger partial charge in [-0.2, -0.15) is 0 Å². The molecule has 2 aromatic carbocycles. The summed E-state index contributed by atoms with van der Waals surface area (Å²) in [5.74, 6) is -2.31. The minimum Gasteiger partial charge on any atom is -0.342 e. The van der Waals surface area contributed by atoms with Crippen LogP contribution in [0.25, 0.3) is 0 Å². The molecule has 0 aliphatic carbocycles. The zero-order chi connectivity index (χ0) is 27.2. The topological polar surface area (TPSA) is 90.0 Å². The summed E-state index contributed by atoms with van der Waals surface area (Å²) < 4.78 is 0. The third-order valence-corrected chi connectivity index (χ3v) is 8.28. The van der Waals surface area contributed by atoms with Crippen molar-refractivity contribution in [1.82, 2.24) is 15.1 Å². The number of anilines is 1. The van der Waals surface area contributed by atoms with E-state index in [4.69, 9.17) is 0 Å². The van der Waals surface area contributed by atoms with E-state index in [2.05, 4.69) is 19.2 Å². The number of carbonyl (C=O) groups excluding carboxylic acids is 4. The van der Waals surface area contributed by atoms with E-state index < -0.39 is 17.4 Å². The van der Waals surface area contributed by atoms with Crippen LogP contribution >= 0.6 is 0 Å².